The summed E-state index contributed by atoms with van der Waals surface area (Å²) in [6.07, 6.45) is 0. The van der Waals surface area contributed by atoms with Gasteiger partial charge in [-0.15, -0.1) is 10.2 Å². The number of hydrogen-bond donors (Lipinski definition) is 1. The van der Waals surface area contributed by atoms with E-state index in [2.05, 4.69) is 15.5 Å². The predicted molar refractivity (Wildman–Crippen MR) is 96.1 cm³/mol. The van der Waals surface area contributed by atoms with Gasteiger partial charge in [-0.2, -0.15) is 0 Å². The molecule has 4 nitrogen and oxygen atoms in total. The van der Waals surface area contributed by atoms with Gasteiger partial charge in [-0.25, -0.2) is 8.78 Å². The van der Waals surface area contributed by atoms with Crippen molar-refractivity contribution in [3.63, 3.8) is 0 Å². The molecule has 0 atom stereocenters. The predicted octanol–water partition coefficient (Wildman–Crippen LogP) is 4.73. The minimum absolute atomic E-state index is 0.302. The maximum absolute atomic E-state index is 13.6. The van der Waals surface area contributed by atoms with Gasteiger partial charge in [-0.1, -0.05) is 47.4 Å². The fraction of sp³-hybridized carbons (Fsp3) is 0.176. The Morgan fingerprint density at radius 3 is 2.68 bits per heavy atom. The Hall–Kier alpha value is -2.19. The van der Waals surface area contributed by atoms with Crippen LogP contribution in [0.4, 0.5) is 13.9 Å². The molecule has 1 aromatic heterocycles. The molecule has 0 aliphatic rings. The Balaban J connectivity index is 1.54. The molecule has 8 heteroatoms. The van der Waals surface area contributed by atoms with Crippen molar-refractivity contribution in [2.24, 2.45) is 0 Å². The lowest BCUT2D eigenvalue weighted by Gasteiger charge is -2.04. The molecule has 0 spiro atoms. The number of halogens is 2. The fourth-order valence-corrected chi connectivity index (χ4v) is 3.78. The van der Waals surface area contributed by atoms with Crippen LogP contribution in [0.25, 0.3) is 0 Å². The van der Waals surface area contributed by atoms with Crippen LogP contribution in [0, 0.1) is 11.6 Å². The second-order valence-corrected chi connectivity index (χ2v) is 7.28. The smallest absolute Gasteiger partial charge is 0.206 e. The molecule has 0 bridgehead atoms. The van der Waals surface area contributed by atoms with Crippen molar-refractivity contribution < 1.29 is 13.5 Å². The molecule has 25 heavy (non-hydrogen) atoms. The molecule has 0 amide bonds. The monoisotopic (exact) mass is 379 g/mol. The summed E-state index contributed by atoms with van der Waals surface area (Å²) >= 11 is 2.70. The third-order valence-electron chi connectivity index (χ3n) is 3.39. The average molecular weight is 379 g/mol. The molecule has 3 aromatic rings. The van der Waals surface area contributed by atoms with Crippen LogP contribution in [0.5, 0.6) is 5.75 Å². The van der Waals surface area contributed by atoms with Gasteiger partial charge in [0, 0.05) is 17.9 Å². The van der Waals surface area contributed by atoms with Crippen LogP contribution in [0.15, 0.2) is 46.8 Å². The number of benzene rings is 2. The molecule has 0 fully saturated rings. The van der Waals surface area contributed by atoms with E-state index in [-0.39, 0.29) is 0 Å². The molecule has 0 radical (unpaired) electrons. The van der Waals surface area contributed by atoms with Crippen LogP contribution in [0.3, 0.4) is 0 Å². The van der Waals surface area contributed by atoms with Gasteiger partial charge in [0.1, 0.15) is 5.75 Å². The van der Waals surface area contributed by atoms with Crippen molar-refractivity contribution in [1.82, 2.24) is 10.2 Å². The van der Waals surface area contributed by atoms with Gasteiger partial charge in [0.05, 0.1) is 7.11 Å². The van der Waals surface area contributed by atoms with Crippen LogP contribution in [-0.4, -0.2) is 17.3 Å². The molecule has 2 aromatic carbocycles. The first-order valence-corrected chi connectivity index (χ1v) is 9.22. The summed E-state index contributed by atoms with van der Waals surface area (Å²) in [5.41, 5.74) is 1.40. The summed E-state index contributed by atoms with van der Waals surface area (Å²) < 4.78 is 32.6. The maximum atomic E-state index is 13.6. The molecule has 1 heterocycles. The fourth-order valence-electron chi connectivity index (χ4n) is 2.06. The Morgan fingerprint density at radius 2 is 1.92 bits per heavy atom. The minimum atomic E-state index is -0.836. The minimum Gasteiger partial charge on any atom is -0.497 e. The van der Waals surface area contributed by atoms with E-state index in [1.807, 2.05) is 24.3 Å². The van der Waals surface area contributed by atoms with E-state index < -0.39 is 11.6 Å². The molecule has 0 aliphatic heterocycles. The zero-order valence-electron chi connectivity index (χ0n) is 13.3. The number of methoxy groups -OCH3 is 1. The first kappa shape index (κ1) is 17.6. The number of rotatable bonds is 7. The van der Waals surface area contributed by atoms with Gasteiger partial charge in [0.2, 0.25) is 5.13 Å². The quantitative estimate of drug-likeness (QED) is 0.602. The lowest BCUT2D eigenvalue weighted by atomic mass is 10.2. The Labute approximate surface area is 152 Å². The van der Waals surface area contributed by atoms with Crippen molar-refractivity contribution in [3.05, 3.63) is 65.2 Å². The van der Waals surface area contributed by atoms with Crippen LogP contribution in [-0.2, 0) is 12.3 Å². The van der Waals surface area contributed by atoms with Crippen molar-refractivity contribution in [1.29, 1.82) is 0 Å². The van der Waals surface area contributed by atoms with Gasteiger partial charge < -0.3 is 10.1 Å². The summed E-state index contributed by atoms with van der Waals surface area (Å²) in [4.78, 5) is 0. The van der Waals surface area contributed by atoms with Crippen LogP contribution in [0.1, 0.15) is 11.1 Å². The molecular formula is C17H15F2N3OS2. The van der Waals surface area contributed by atoms with Gasteiger partial charge in [0.15, 0.2) is 16.0 Å². The first-order chi connectivity index (χ1) is 12.2. The largest absolute Gasteiger partial charge is 0.497 e. The SMILES string of the molecule is COc1ccc(CNc2nnc(SCc3cccc(F)c3F)s2)cc1. The topological polar surface area (TPSA) is 47.0 Å². The zero-order chi connectivity index (χ0) is 17.6. The molecule has 1 N–H and O–H groups in total. The summed E-state index contributed by atoms with van der Waals surface area (Å²) in [5, 5.41) is 12.0. The highest BCUT2D eigenvalue weighted by molar-refractivity contribution is 8.00. The molecule has 0 unspecified atom stereocenters. The van der Waals surface area contributed by atoms with Gasteiger partial charge in [-0.05, 0) is 23.8 Å². The van der Waals surface area contributed by atoms with E-state index >= 15 is 0 Å². The third-order valence-corrected chi connectivity index (χ3v) is 5.46. The molecule has 0 aliphatic carbocycles. The number of aromatic nitrogens is 2. The number of hydrogen-bond acceptors (Lipinski definition) is 6. The van der Waals surface area contributed by atoms with Gasteiger partial charge in [-0.3, -0.25) is 0 Å². The second kappa shape index (κ2) is 8.26. The highest BCUT2D eigenvalue weighted by atomic mass is 32.2. The standard InChI is InChI=1S/C17H15F2N3OS2/c1-23-13-7-5-11(6-8-13)9-20-16-21-22-17(25-16)24-10-12-3-2-4-14(18)15(12)19/h2-8H,9-10H2,1H3,(H,20,21). The van der Waals surface area contributed by atoms with Crippen LogP contribution >= 0.6 is 23.1 Å². The van der Waals surface area contributed by atoms with Crippen molar-refractivity contribution in [2.75, 3.05) is 12.4 Å². The van der Waals surface area contributed by atoms with E-state index in [0.717, 1.165) is 17.4 Å². The number of ether oxygens (including phenoxy) is 1. The van der Waals surface area contributed by atoms with E-state index in [1.165, 1.54) is 29.2 Å². The van der Waals surface area contributed by atoms with E-state index in [9.17, 15) is 8.78 Å². The number of nitrogens with zero attached hydrogens (tertiary/aromatic N) is 2. The van der Waals surface area contributed by atoms with Crippen molar-refractivity contribution in [2.45, 2.75) is 16.6 Å². The maximum Gasteiger partial charge on any atom is 0.206 e. The summed E-state index contributed by atoms with van der Waals surface area (Å²) in [6, 6.07) is 11.9. The van der Waals surface area contributed by atoms with E-state index in [4.69, 9.17) is 4.74 Å². The molecule has 3 rings (SSSR count). The Kier molecular flexibility index (Phi) is 5.83. The van der Waals surface area contributed by atoms with Crippen LogP contribution < -0.4 is 10.1 Å². The summed E-state index contributed by atoms with van der Waals surface area (Å²) in [7, 11) is 1.63. The third kappa shape index (κ3) is 4.67. The molecule has 0 saturated carbocycles. The van der Waals surface area contributed by atoms with E-state index in [1.54, 1.807) is 13.2 Å². The highest BCUT2D eigenvalue weighted by Crippen LogP contribution is 2.29. The highest BCUT2D eigenvalue weighted by Gasteiger charge is 2.10. The van der Waals surface area contributed by atoms with Gasteiger partial charge in [0.25, 0.3) is 0 Å². The van der Waals surface area contributed by atoms with Crippen molar-refractivity contribution in [3.8, 4) is 5.75 Å². The lowest BCUT2D eigenvalue weighted by Crippen LogP contribution is -1.98. The van der Waals surface area contributed by atoms with E-state index in [0.29, 0.717) is 27.3 Å². The number of thioether (sulfide) groups is 1. The summed E-state index contributed by atoms with van der Waals surface area (Å²) in [6.45, 7) is 0.613. The zero-order valence-corrected chi connectivity index (χ0v) is 15.0. The number of anilines is 1. The first-order valence-electron chi connectivity index (χ1n) is 7.41. The van der Waals surface area contributed by atoms with Crippen LogP contribution in [0.2, 0.25) is 0 Å². The molecular weight excluding hydrogens is 364 g/mol. The number of nitrogens with one attached hydrogen (secondary N) is 1. The van der Waals surface area contributed by atoms with Crippen molar-refractivity contribution >= 4 is 28.2 Å². The lowest BCUT2D eigenvalue weighted by molar-refractivity contribution is 0.414. The Morgan fingerprint density at radius 1 is 1.12 bits per heavy atom. The molecule has 130 valence electrons. The average Bonchev–Trinajstić information content (AvgIpc) is 3.09. The Bertz CT molecular complexity index is 840. The second-order valence-electron chi connectivity index (χ2n) is 5.08. The summed E-state index contributed by atoms with van der Waals surface area (Å²) in [5.74, 6) is -0.533. The normalized spacial score (nSPS) is 10.7. The molecule has 0 saturated heterocycles. The van der Waals surface area contributed by atoms with Gasteiger partial charge >= 0.3 is 0 Å².